The average Bonchev–Trinajstić information content (AvgIpc) is 2.66. The Morgan fingerprint density at radius 3 is 2.58 bits per heavy atom. The standard InChI is InChI=1S/C20H22N4O2/c1-14(2)17(23-15-8-4-3-5-9-15)13-22-19(25)16-12-21-18-10-6-7-11-24(18)20(16)26/h3-12,14,17,23H,13H2,1-2H3,(H,22,25). The molecule has 3 rings (SSSR count). The molecule has 1 amide bonds. The van der Waals surface area contributed by atoms with Crippen molar-refractivity contribution in [1.29, 1.82) is 0 Å². The third kappa shape index (κ3) is 3.91. The monoisotopic (exact) mass is 350 g/mol. The van der Waals surface area contributed by atoms with E-state index >= 15 is 0 Å². The van der Waals surface area contributed by atoms with Gasteiger partial charge < -0.3 is 10.6 Å². The number of anilines is 1. The van der Waals surface area contributed by atoms with Gasteiger partial charge in [0.15, 0.2) is 0 Å². The molecule has 1 aromatic carbocycles. The molecular formula is C20H22N4O2. The molecule has 2 N–H and O–H groups in total. The zero-order valence-corrected chi connectivity index (χ0v) is 14.8. The van der Waals surface area contributed by atoms with Crippen molar-refractivity contribution in [3.8, 4) is 0 Å². The van der Waals surface area contributed by atoms with E-state index < -0.39 is 5.91 Å². The minimum atomic E-state index is -0.415. The molecule has 1 atom stereocenters. The summed E-state index contributed by atoms with van der Waals surface area (Å²) < 4.78 is 1.37. The summed E-state index contributed by atoms with van der Waals surface area (Å²) in [6, 6.07) is 15.1. The largest absolute Gasteiger partial charge is 0.380 e. The normalized spacial score (nSPS) is 12.1. The third-order valence-electron chi connectivity index (χ3n) is 4.27. The number of hydrogen-bond acceptors (Lipinski definition) is 4. The summed E-state index contributed by atoms with van der Waals surface area (Å²) in [7, 11) is 0. The average molecular weight is 350 g/mol. The zero-order chi connectivity index (χ0) is 18.5. The van der Waals surface area contributed by atoms with Crippen LogP contribution in [-0.2, 0) is 0 Å². The van der Waals surface area contributed by atoms with E-state index in [4.69, 9.17) is 0 Å². The van der Waals surface area contributed by atoms with Crippen LogP contribution >= 0.6 is 0 Å². The highest BCUT2D eigenvalue weighted by molar-refractivity contribution is 5.93. The lowest BCUT2D eigenvalue weighted by Crippen LogP contribution is -2.41. The topological polar surface area (TPSA) is 75.5 Å². The first-order chi connectivity index (χ1) is 12.6. The first-order valence-corrected chi connectivity index (χ1v) is 8.62. The molecule has 134 valence electrons. The fourth-order valence-electron chi connectivity index (χ4n) is 2.68. The van der Waals surface area contributed by atoms with Gasteiger partial charge in [-0.1, -0.05) is 38.1 Å². The van der Waals surface area contributed by atoms with E-state index in [1.807, 2.05) is 30.3 Å². The Labute approximate surface area is 151 Å². The SMILES string of the molecule is CC(C)C(CNC(=O)c1cnc2ccccn2c1=O)Nc1ccccc1. The first-order valence-electron chi connectivity index (χ1n) is 8.62. The van der Waals surface area contributed by atoms with E-state index in [1.54, 1.807) is 24.4 Å². The highest BCUT2D eigenvalue weighted by Crippen LogP contribution is 2.12. The zero-order valence-electron chi connectivity index (χ0n) is 14.8. The number of carbonyl (C=O) groups excluding carboxylic acids is 1. The lowest BCUT2D eigenvalue weighted by Gasteiger charge is -2.24. The molecule has 26 heavy (non-hydrogen) atoms. The molecule has 2 aromatic heterocycles. The number of amides is 1. The van der Waals surface area contributed by atoms with Gasteiger partial charge in [-0.05, 0) is 30.2 Å². The molecular weight excluding hydrogens is 328 g/mol. The van der Waals surface area contributed by atoms with E-state index in [9.17, 15) is 9.59 Å². The lowest BCUT2D eigenvalue weighted by molar-refractivity contribution is 0.0948. The van der Waals surface area contributed by atoms with Gasteiger partial charge in [0.1, 0.15) is 11.2 Å². The maximum Gasteiger partial charge on any atom is 0.270 e. The number of nitrogens with one attached hydrogen (secondary N) is 2. The number of para-hydroxylation sites is 1. The van der Waals surface area contributed by atoms with Crippen LogP contribution in [0.5, 0.6) is 0 Å². The van der Waals surface area contributed by atoms with E-state index in [1.165, 1.54) is 10.6 Å². The maximum atomic E-state index is 12.5. The van der Waals surface area contributed by atoms with E-state index in [-0.39, 0.29) is 17.2 Å². The predicted octanol–water partition coefficient (Wildman–Crippen LogP) is 2.56. The van der Waals surface area contributed by atoms with Crippen molar-refractivity contribution < 1.29 is 4.79 Å². The van der Waals surface area contributed by atoms with Gasteiger partial charge in [0.05, 0.1) is 0 Å². The summed E-state index contributed by atoms with van der Waals surface area (Å²) in [5.74, 6) is -0.118. The number of carbonyl (C=O) groups is 1. The van der Waals surface area contributed by atoms with Crippen molar-refractivity contribution in [2.75, 3.05) is 11.9 Å². The summed E-state index contributed by atoms with van der Waals surface area (Å²) >= 11 is 0. The number of aromatic nitrogens is 2. The molecule has 1 unspecified atom stereocenters. The second-order valence-electron chi connectivity index (χ2n) is 6.48. The quantitative estimate of drug-likeness (QED) is 0.716. The van der Waals surface area contributed by atoms with Crippen molar-refractivity contribution >= 4 is 17.2 Å². The van der Waals surface area contributed by atoms with Crippen LogP contribution in [0.3, 0.4) is 0 Å². The summed E-state index contributed by atoms with van der Waals surface area (Å²) in [5, 5.41) is 6.27. The molecule has 0 radical (unpaired) electrons. The van der Waals surface area contributed by atoms with Crippen LogP contribution in [0.4, 0.5) is 5.69 Å². The molecule has 3 aromatic rings. The number of nitrogens with zero attached hydrogens (tertiary/aromatic N) is 2. The Balaban J connectivity index is 1.72. The summed E-state index contributed by atoms with van der Waals surface area (Å²) in [6.07, 6.45) is 2.94. The minimum Gasteiger partial charge on any atom is -0.380 e. The van der Waals surface area contributed by atoms with Crippen molar-refractivity contribution in [3.05, 3.63) is 76.8 Å². The molecule has 0 bridgehead atoms. The van der Waals surface area contributed by atoms with E-state index in [2.05, 4.69) is 29.5 Å². The van der Waals surface area contributed by atoms with Gasteiger partial charge in [0.2, 0.25) is 0 Å². The molecule has 0 saturated heterocycles. The number of rotatable bonds is 6. The molecule has 0 aliphatic heterocycles. The van der Waals surface area contributed by atoms with Crippen molar-refractivity contribution in [1.82, 2.24) is 14.7 Å². The second kappa shape index (κ2) is 7.82. The van der Waals surface area contributed by atoms with Gasteiger partial charge in [-0.3, -0.25) is 14.0 Å². The molecule has 6 nitrogen and oxygen atoms in total. The number of benzene rings is 1. The van der Waals surface area contributed by atoms with Gasteiger partial charge in [-0.2, -0.15) is 0 Å². The molecule has 0 spiro atoms. The van der Waals surface area contributed by atoms with Crippen LogP contribution < -0.4 is 16.2 Å². The van der Waals surface area contributed by atoms with Gasteiger partial charge in [-0.15, -0.1) is 0 Å². The molecule has 6 heteroatoms. The Morgan fingerprint density at radius 1 is 1.12 bits per heavy atom. The fraction of sp³-hybridized carbons (Fsp3) is 0.250. The van der Waals surface area contributed by atoms with Crippen molar-refractivity contribution in [2.45, 2.75) is 19.9 Å². The van der Waals surface area contributed by atoms with Crippen LogP contribution in [-0.4, -0.2) is 27.9 Å². The van der Waals surface area contributed by atoms with Crippen LogP contribution in [0.15, 0.2) is 65.7 Å². The number of pyridine rings is 1. The van der Waals surface area contributed by atoms with Crippen molar-refractivity contribution in [3.63, 3.8) is 0 Å². The molecule has 0 aliphatic carbocycles. The van der Waals surface area contributed by atoms with E-state index in [0.29, 0.717) is 18.1 Å². The molecule has 2 heterocycles. The maximum absolute atomic E-state index is 12.5. The second-order valence-corrected chi connectivity index (χ2v) is 6.48. The number of hydrogen-bond donors (Lipinski definition) is 2. The number of fused-ring (bicyclic) bond motifs is 1. The molecule has 0 saturated carbocycles. The molecule has 0 fully saturated rings. The van der Waals surface area contributed by atoms with Crippen LogP contribution in [0.25, 0.3) is 5.65 Å². The third-order valence-corrected chi connectivity index (χ3v) is 4.27. The van der Waals surface area contributed by atoms with Gasteiger partial charge in [-0.25, -0.2) is 4.98 Å². The van der Waals surface area contributed by atoms with Gasteiger partial charge >= 0.3 is 0 Å². The fourth-order valence-corrected chi connectivity index (χ4v) is 2.68. The van der Waals surface area contributed by atoms with Crippen LogP contribution in [0.1, 0.15) is 24.2 Å². The lowest BCUT2D eigenvalue weighted by atomic mass is 10.0. The summed E-state index contributed by atoms with van der Waals surface area (Å²) in [4.78, 5) is 29.2. The summed E-state index contributed by atoms with van der Waals surface area (Å²) in [6.45, 7) is 4.57. The van der Waals surface area contributed by atoms with Crippen LogP contribution in [0, 0.1) is 5.92 Å². The summed E-state index contributed by atoms with van der Waals surface area (Å²) in [5.41, 5.74) is 1.17. The highest BCUT2D eigenvalue weighted by Gasteiger charge is 2.17. The Morgan fingerprint density at radius 2 is 1.85 bits per heavy atom. The van der Waals surface area contributed by atoms with Crippen LogP contribution in [0.2, 0.25) is 0 Å². The highest BCUT2D eigenvalue weighted by atomic mass is 16.2. The Bertz CT molecular complexity index is 951. The smallest absolute Gasteiger partial charge is 0.270 e. The van der Waals surface area contributed by atoms with Gasteiger partial charge in [0.25, 0.3) is 11.5 Å². The van der Waals surface area contributed by atoms with E-state index in [0.717, 1.165) is 5.69 Å². The Hall–Kier alpha value is -3.15. The first kappa shape index (κ1) is 17.7. The predicted molar refractivity (Wildman–Crippen MR) is 102 cm³/mol. The van der Waals surface area contributed by atoms with Gasteiger partial charge in [0, 0.05) is 30.7 Å². The Kier molecular flexibility index (Phi) is 5.31. The minimum absolute atomic E-state index is 0.0379. The molecule has 0 aliphatic rings. The van der Waals surface area contributed by atoms with Crippen molar-refractivity contribution in [2.24, 2.45) is 5.92 Å².